The summed E-state index contributed by atoms with van der Waals surface area (Å²) >= 11 is 0. The third-order valence-corrected chi connectivity index (χ3v) is 14.1. The van der Waals surface area contributed by atoms with Gasteiger partial charge in [0.25, 0.3) is 0 Å². The summed E-state index contributed by atoms with van der Waals surface area (Å²) in [6, 6.07) is 75.7. The lowest BCUT2D eigenvalue weighted by molar-refractivity contribution is 0.858. The van der Waals surface area contributed by atoms with E-state index in [0.717, 1.165) is 105 Å². The van der Waals surface area contributed by atoms with Gasteiger partial charge in [-0.15, -0.1) is 0 Å². The lowest BCUT2D eigenvalue weighted by Gasteiger charge is -2.14. The van der Waals surface area contributed by atoms with Crippen LogP contribution < -0.4 is 0 Å². The van der Waals surface area contributed by atoms with Crippen molar-refractivity contribution in [2.75, 3.05) is 0 Å². The van der Waals surface area contributed by atoms with Crippen LogP contribution in [0.2, 0.25) is 0 Å². The molecule has 318 valence electrons. The van der Waals surface area contributed by atoms with Crippen molar-refractivity contribution < 1.29 is 0 Å². The van der Waals surface area contributed by atoms with Crippen molar-refractivity contribution >= 4 is 98.5 Å². The molecule has 68 heavy (non-hydrogen) atoms. The summed E-state index contributed by atoms with van der Waals surface area (Å²) < 4.78 is 11.6. The Hall–Kier alpha value is -9.27. The molecule has 15 aromatic rings. The van der Waals surface area contributed by atoms with Gasteiger partial charge in [-0.2, -0.15) is 4.98 Å². The first-order chi connectivity index (χ1) is 33.7. The second kappa shape index (κ2) is 13.9. The predicted molar refractivity (Wildman–Crippen MR) is 279 cm³/mol. The van der Waals surface area contributed by atoms with Crippen LogP contribution in [0.25, 0.3) is 133 Å². The molecule has 0 fully saturated rings. The average molecular weight is 871 g/mol. The molecule has 0 aliphatic carbocycles. The van der Waals surface area contributed by atoms with Crippen molar-refractivity contribution in [1.82, 2.24) is 37.8 Å². The quantitative estimate of drug-likeness (QED) is 0.173. The molecule has 0 N–H and O–H groups in total. The van der Waals surface area contributed by atoms with Crippen LogP contribution in [0.4, 0.5) is 0 Å². The Morgan fingerprint density at radius 1 is 0.324 bits per heavy atom. The first-order valence-corrected chi connectivity index (χ1v) is 23.0. The molecule has 0 saturated heterocycles. The fourth-order valence-corrected chi connectivity index (χ4v) is 11.3. The summed E-state index contributed by atoms with van der Waals surface area (Å²) in [7, 11) is 2.08. The number of aromatic nitrogens is 8. The van der Waals surface area contributed by atoms with Gasteiger partial charge in [-0.25, -0.2) is 9.97 Å². The van der Waals surface area contributed by atoms with Crippen molar-refractivity contribution in [2.24, 2.45) is 7.05 Å². The van der Waals surface area contributed by atoms with Gasteiger partial charge in [0.15, 0.2) is 17.1 Å². The van der Waals surface area contributed by atoms with E-state index >= 15 is 0 Å². The van der Waals surface area contributed by atoms with E-state index in [9.17, 15) is 0 Å². The van der Waals surface area contributed by atoms with Crippen LogP contribution in [0, 0.1) is 0 Å². The molecule has 15 rings (SSSR count). The molecule has 6 heterocycles. The van der Waals surface area contributed by atoms with E-state index in [0.29, 0.717) is 11.3 Å². The minimum absolute atomic E-state index is 0.568. The maximum Gasteiger partial charge on any atom is 0.218 e. The molecule has 0 saturated carbocycles. The molecule has 0 radical (unpaired) electrons. The van der Waals surface area contributed by atoms with Crippen LogP contribution in [-0.2, 0) is 7.05 Å². The summed E-state index contributed by atoms with van der Waals surface area (Å²) in [5.41, 5.74) is 14.0. The van der Waals surface area contributed by atoms with Crippen LogP contribution in [0.5, 0.6) is 0 Å². The molecule has 0 aliphatic rings. The van der Waals surface area contributed by atoms with Gasteiger partial charge in [-0.05, 0) is 54.6 Å². The third kappa shape index (κ3) is 4.95. The summed E-state index contributed by atoms with van der Waals surface area (Å²) in [6.45, 7) is 0. The van der Waals surface area contributed by atoms with Gasteiger partial charge in [0.2, 0.25) is 5.95 Å². The van der Waals surface area contributed by atoms with Gasteiger partial charge in [0.1, 0.15) is 5.69 Å². The van der Waals surface area contributed by atoms with Crippen molar-refractivity contribution in [3.63, 3.8) is 0 Å². The minimum Gasteiger partial charge on any atom is -0.309 e. The highest BCUT2D eigenvalue weighted by Gasteiger charge is 2.28. The predicted octanol–water partition coefficient (Wildman–Crippen LogP) is 14.4. The molecule has 6 aromatic heterocycles. The largest absolute Gasteiger partial charge is 0.309 e. The number of rotatable bonds is 5. The number of imidazole rings is 1. The molecule has 9 aromatic carbocycles. The standard InChI is InChI=1S/C60H38N8/c1-64-59-57(62-60(64)68-49-31-17-13-27-42(49)45-34-33-44-41-26-11-15-29-47(41)66(55(44)56(45)68)39-23-9-4-10-24-39)61-53(37-19-5-2-6-20-37)58(63-59)67-48-30-16-12-25-40(48)43-35-36-51-52(54(43)67)46-28-14-18-32-50(46)65(51)38-21-7-3-8-22-38/h2-36H,1H3. The van der Waals surface area contributed by atoms with E-state index in [-0.39, 0.29) is 0 Å². The highest BCUT2D eigenvalue weighted by Crippen LogP contribution is 2.45. The minimum atomic E-state index is 0.568. The number of hydrogen-bond donors (Lipinski definition) is 0. The van der Waals surface area contributed by atoms with Gasteiger partial charge in [-0.3, -0.25) is 13.7 Å². The molecule has 0 bridgehead atoms. The zero-order chi connectivity index (χ0) is 44.6. The number of hydrogen-bond acceptors (Lipinski definition) is 3. The van der Waals surface area contributed by atoms with E-state index < -0.39 is 0 Å². The smallest absolute Gasteiger partial charge is 0.218 e. The van der Waals surface area contributed by atoms with Crippen LogP contribution in [0.15, 0.2) is 212 Å². The number of aryl methyl sites for hydroxylation is 1. The highest BCUT2D eigenvalue weighted by atomic mass is 15.3. The molecule has 0 spiro atoms. The van der Waals surface area contributed by atoms with E-state index in [1.807, 2.05) is 6.07 Å². The maximum absolute atomic E-state index is 5.77. The summed E-state index contributed by atoms with van der Waals surface area (Å²) in [4.78, 5) is 16.9. The molecule has 8 heteroatoms. The van der Waals surface area contributed by atoms with Crippen molar-refractivity contribution in [3.8, 4) is 34.4 Å². The topological polar surface area (TPSA) is 63.3 Å². The number of para-hydroxylation sites is 6. The van der Waals surface area contributed by atoms with Gasteiger partial charge >= 0.3 is 0 Å². The lowest BCUT2D eigenvalue weighted by Crippen LogP contribution is -2.06. The zero-order valence-corrected chi connectivity index (χ0v) is 36.8. The fourth-order valence-electron chi connectivity index (χ4n) is 11.3. The van der Waals surface area contributed by atoms with E-state index in [2.05, 4.69) is 236 Å². The van der Waals surface area contributed by atoms with Crippen LogP contribution in [-0.4, -0.2) is 37.8 Å². The summed E-state index contributed by atoms with van der Waals surface area (Å²) in [5.74, 6) is 1.47. The van der Waals surface area contributed by atoms with Gasteiger partial charge in [-0.1, -0.05) is 158 Å². The number of nitrogens with zero attached hydrogens (tertiary/aromatic N) is 8. The second-order valence-electron chi connectivity index (χ2n) is 17.7. The first-order valence-electron chi connectivity index (χ1n) is 23.0. The van der Waals surface area contributed by atoms with E-state index in [1.165, 1.54) is 16.2 Å². The molecule has 0 atom stereocenters. The van der Waals surface area contributed by atoms with Crippen LogP contribution >= 0.6 is 0 Å². The Labute approximate surface area is 388 Å². The Kier molecular flexibility index (Phi) is 7.55. The summed E-state index contributed by atoms with van der Waals surface area (Å²) in [5, 5.41) is 9.30. The van der Waals surface area contributed by atoms with E-state index in [4.69, 9.17) is 15.0 Å². The third-order valence-electron chi connectivity index (χ3n) is 14.1. The van der Waals surface area contributed by atoms with Gasteiger partial charge < -0.3 is 9.13 Å². The Balaban J connectivity index is 1.08. The molecule has 0 aliphatic heterocycles. The van der Waals surface area contributed by atoms with Gasteiger partial charge in [0.05, 0.1) is 44.1 Å². The molecular formula is C60H38N8. The van der Waals surface area contributed by atoms with Crippen molar-refractivity contribution in [1.29, 1.82) is 0 Å². The monoisotopic (exact) mass is 870 g/mol. The number of benzene rings is 9. The van der Waals surface area contributed by atoms with E-state index in [1.54, 1.807) is 0 Å². The first kappa shape index (κ1) is 37.0. The Morgan fingerprint density at radius 2 is 0.779 bits per heavy atom. The zero-order valence-electron chi connectivity index (χ0n) is 36.8. The fraction of sp³-hybridized carbons (Fsp3) is 0.0167. The maximum atomic E-state index is 5.77. The normalized spacial score (nSPS) is 12.2. The van der Waals surface area contributed by atoms with Gasteiger partial charge in [0, 0.05) is 67.1 Å². The van der Waals surface area contributed by atoms with Crippen LogP contribution in [0.3, 0.4) is 0 Å². The molecule has 8 nitrogen and oxygen atoms in total. The highest BCUT2D eigenvalue weighted by molar-refractivity contribution is 6.27. The Morgan fingerprint density at radius 3 is 1.40 bits per heavy atom. The molecule has 0 unspecified atom stereocenters. The average Bonchev–Trinajstić information content (AvgIpc) is 4.19. The lowest BCUT2D eigenvalue weighted by atomic mass is 10.1. The summed E-state index contributed by atoms with van der Waals surface area (Å²) in [6.07, 6.45) is 0. The molecule has 0 amide bonds. The molecular weight excluding hydrogens is 833 g/mol. The Bertz CT molecular complexity index is 4550. The second-order valence-corrected chi connectivity index (χ2v) is 17.7. The van der Waals surface area contributed by atoms with Crippen molar-refractivity contribution in [2.45, 2.75) is 0 Å². The van der Waals surface area contributed by atoms with Crippen molar-refractivity contribution in [3.05, 3.63) is 212 Å². The number of fused-ring (bicyclic) bond motifs is 15. The SMILES string of the molecule is Cn1c(-n2c3ccccc3c3ccc4c5ccccc5n(-c5ccccc5)c4c32)nc2nc(-c3ccccc3)c(-n3c4ccccc4c4ccc5c(c6ccccc6n5-c5ccccc5)c43)nc21. The van der Waals surface area contributed by atoms with Crippen LogP contribution in [0.1, 0.15) is 0 Å².